The predicted octanol–water partition coefficient (Wildman–Crippen LogP) is 1.84. The van der Waals surface area contributed by atoms with Gasteiger partial charge < -0.3 is 5.32 Å². The Kier molecular flexibility index (Phi) is 3.51. The number of aromatic nitrogens is 5. The Morgan fingerprint density at radius 1 is 1.04 bits per heavy atom. The fourth-order valence-corrected chi connectivity index (χ4v) is 2.39. The van der Waals surface area contributed by atoms with Gasteiger partial charge in [-0.25, -0.2) is 4.52 Å². The van der Waals surface area contributed by atoms with Crippen LogP contribution in [-0.2, 0) is 6.54 Å². The highest BCUT2D eigenvalue weighted by Crippen LogP contribution is 2.07. The molecule has 4 rings (SSSR count). The molecule has 118 valence electrons. The summed E-state index contributed by atoms with van der Waals surface area (Å²) in [6, 6.07) is 17.2. The van der Waals surface area contributed by atoms with Crippen molar-refractivity contribution in [1.29, 1.82) is 0 Å². The van der Waals surface area contributed by atoms with Crippen LogP contribution in [0.4, 0.5) is 0 Å². The second kappa shape index (κ2) is 5.96. The van der Waals surface area contributed by atoms with E-state index >= 15 is 0 Å². The van der Waals surface area contributed by atoms with E-state index < -0.39 is 0 Å². The number of fused-ring (bicyclic) bond motifs is 1. The molecule has 0 atom stereocenters. The molecular weight excluding hydrogens is 304 g/mol. The van der Waals surface area contributed by atoms with Crippen LogP contribution in [0, 0.1) is 0 Å². The number of hydrogen-bond donors (Lipinski definition) is 1. The molecular formula is C17H14N6O. The Morgan fingerprint density at radius 3 is 2.71 bits per heavy atom. The number of nitrogens with one attached hydrogen (secondary N) is 1. The second-order valence-electron chi connectivity index (χ2n) is 5.24. The predicted molar refractivity (Wildman–Crippen MR) is 87.7 cm³/mol. The molecule has 1 amide bonds. The van der Waals surface area contributed by atoms with Gasteiger partial charge in [0.1, 0.15) is 0 Å². The average Bonchev–Trinajstić information content (AvgIpc) is 3.27. The largest absolute Gasteiger partial charge is 0.345 e. The number of amides is 1. The van der Waals surface area contributed by atoms with Gasteiger partial charge in [-0.05, 0) is 30.3 Å². The van der Waals surface area contributed by atoms with Crippen molar-refractivity contribution in [2.24, 2.45) is 0 Å². The minimum Gasteiger partial charge on any atom is -0.345 e. The highest BCUT2D eigenvalue weighted by Gasteiger charge is 2.12. The first kappa shape index (κ1) is 14.1. The summed E-state index contributed by atoms with van der Waals surface area (Å²) in [4.78, 5) is 13.6. The molecule has 0 radical (unpaired) electrons. The molecule has 7 nitrogen and oxygen atoms in total. The summed E-state index contributed by atoms with van der Waals surface area (Å²) in [6.45, 7) is 0.332. The van der Waals surface area contributed by atoms with E-state index in [1.807, 2.05) is 60.8 Å². The van der Waals surface area contributed by atoms with Crippen molar-refractivity contribution in [3.63, 3.8) is 0 Å². The van der Waals surface area contributed by atoms with E-state index in [2.05, 4.69) is 20.6 Å². The lowest BCUT2D eigenvalue weighted by atomic mass is 10.3. The maximum atomic E-state index is 12.2. The molecule has 0 aliphatic carbocycles. The molecule has 0 unspecified atom stereocenters. The molecule has 1 N–H and O–H groups in total. The Balaban J connectivity index is 1.45. The molecule has 3 aromatic heterocycles. The Morgan fingerprint density at radius 2 is 1.88 bits per heavy atom. The summed E-state index contributed by atoms with van der Waals surface area (Å²) in [5.41, 5.74) is 2.83. The third-order valence-electron chi connectivity index (χ3n) is 3.56. The quantitative estimate of drug-likeness (QED) is 0.623. The van der Waals surface area contributed by atoms with Gasteiger partial charge in [-0.2, -0.15) is 15.0 Å². The molecule has 0 bridgehead atoms. The molecule has 4 aromatic rings. The molecule has 0 aliphatic heterocycles. The van der Waals surface area contributed by atoms with Gasteiger partial charge in [-0.15, -0.1) is 5.10 Å². The number of para-hydroxylation sites is 1. The number of carbonyl (C=O) groups is 1. The van der Waals surface area contributed by atoms with Crippen molar-refractivity contribution in [1.82, 2.24) is 29.9 Å². The molecule has 0 aliphatic rings. The number of hydrogen-bond acceptors (Lipinski definition) is 4. The van der Waals surface area contributed by atoms with Crippen molar-refractivity contribution in [2.75, 3.05) is 0 Å². The topological polar surface area (TPSA) is 77.1 Å². The molecule has 0 saturated heterocycles. The summed E-state index contributed by atoms with van der Waals surface area (Å²) in [5.74, 6) is -0.283. The zero-order valence-electron chi connectivity index (χ0n) is 12.7. The molecule has 0 fully saturated rings. The first-order valence-corrected chi connectivity index (χ1v) is 7.49. The van der Waals surface area contributed by atoms with Crippen molar-refractivity contribution in [2.45, 2.75) is 6.54 Å². The molecule has 24 heavy (non-hydrogen) atoms. The number of benzene rings is 1. The fourth-order valence-electron chi connectivity index (χ4n) is 2.39. The van der Waals surface area contributed by atoms with Gasteiger partial charge in [-0.3, -0.25) is 4.79 Å². The van der Waals surface area contributed by atoms with Crippen molar-refractivity contribution < 1.29 is 4.79 Å². The van der Waals surface area contributed by atoms with Crippen molar-refractivity contribution in [3.05, 3.63) is 78.4 Å². The highest BCUT2D eigenvalue weighted by molar-refractivity contribution is 5.91. The van der Waals surface area contributed by atoms with E-state index in [1.165, 1.54) is 11.0 Å². The summed E-state index contributed by atoms with van der Waals surface area (Å²) < 4.78 is 1.77. The summed E-state index contributed by atoms with van der Waals surface area (Å²) >= 11 is 0. The molecule has 1 aromatic carbocycles. The third-order valence-corrected chi connectivity index (χ3v) is 3.56. The van der Waals surface area contributed by atoms with Crippen LogP contribution in [0.2, 0.25) is 0 Å². The van der Waals surface area contributed by atoms with Crippen LogP contribution in [0.15, 0.2) is 67.0 Å². The number of carbonyl (C=O) groups excluding carboxylic acids is 1. The Labute approximate surface area is 137 Å². The number of pyridine rings is 1. The van der Waals surface area contributed by atoms with E-state index in [0.717, 1.165) is 16.9 Å². The van der Waals surface area contributed by atoms with Gasteiger partial charge in [0, 0.05) is 6.20 Å². The van der Waals surface area contributed by atoms with Crippen molar-refractivity contribution in [3.8, 4) is 5.69 Å². The minimum atomic E-state index is -0.283. The van der Waals surface area contributed by atoms with Gasteiger partial charge in [0.2, 0.25) is 0 Å². The number of nitrogens with zero attached hydrogens (tertiary/aromatic N) is 5. The summed E-state index contributed by atoms with van der Waals surface area (Å²) in [6.07, 6.45) is 3.32. The molecule has 0 spiro atoms. The van der Waals surface area contributed by atoms with Gasteiger partial charge >= 0.3 is 0 Å². The molecule has 3 heterocycles. The van der Waals surface area contributed by atoms with Crippen LogP contribution in [-0.4, -0.2) is 30.5 Å². The number of rotatable bonds is 4. The fraction of sp³-hybridized carbons (Fsp3) is 0.0588. The van der Waals surface area contributed by atoms with Crippen LogP contribution in [0.1, 0.15) is 16.2 Å². The SMILES string of the molecule is O=C(NCc1cc2ccccn2n1)c1cnn(-c2ccccc2)n1. The van der Waals surface area contributed by atoms with E-state index in [4.69, 9.17) is 0 Å². The highest BCUT2D eigenvalue weighted by atomic mass is 16.2. The van der Waals surface area contributed by atoms with E-state index in [9.17, 15) is 4.79 Å². The van der Waals surface area contributed by atoms with Crippen LogP contribution in [0.25, 0.3) is 11.2 Å². The van der Waals surface area contributed by atoms with E-state index in [-0.39, 0.29) is 11.6 Å². The minimum absolute atomic E-state index is 0.266. The second-order valence-corrected chi connectivity index (χ2v) is 5.24. The maximum absolute atomic E-state index is 12.2. The van der Waals surface area contributed by atoms with E-state index in [1.54, 1.807) is 4.52 Å². The summed E-state index contributed by atoms with van der Waals surface area (Å²) in [7, 11) is 0. The maximum Gasteiger partial charge on any atom is 0.273 e. The van der Waals surface area contributed by atoms with Crippen LogP contribution >= 0.6 is 0 Å². The first-order valence-electron chi connectivity index (χ1n) is 7.49. The first-order chi connectivity index (χ1) is 11.8. The summed E-state index contributed by atoms with van der Waals surface area (Å²) in [5, 5.41) is 15.5. The van der Waals surface area contributed by atoms with Crippen molar-refractivity contribution >= 4 is 11.4 Å². The monoisotopic (exact) mass is 318 g/mol. The van der Waals surface area contributed by atoms with Gasteiger partial charge in [0.05, 0.1) is 29.6 Å². The zero-order valence-corrected chi connectivity index (χ0v) is 12.7. The molecule has 7 heteroatoms. The van der Waals surface area contributed by atoms with E-state index in [0.29, 0.717) is 6.54 Å². The lowest BCUT2D eigenvalue weighted by Crippen LogP contribution is -2.23. The van der Waals surface area contributed by atoms with Crippen LogP contribution in [0.5, 0.6) is 0 Å². The van der Waals surface area contributed by atoms with Gasteiger partial charge in [0.25, 0.3) is 5.91 Å². The lowest BCUT2D eigenvalue weighted by Gasteiger charge is -2.00. The Hall–Kier alpha value is -3.48. The average molecular weight is 318 g/mol. The Bertz CT molecular complexity index is 955. The normalized spacial score (nSPS) is 10.8. The standard InChI is InChI=1S/C17H14N6O/c24-17(16-12-19-23(21-16)14-6-2-1-3-7-14)18-11-13-10-15-8-4-5-9-22(15)20-13/h1-10,12H,11H2,(H,18,24). The zero-order chi connectivity index (χ0) is 16.4. The smallest absolute Gasteiger partial charge is 0.273 e. The lowest BCUT2D eigenvalue weighted by molar-refractivity contribution is 0.0945. The van der Waals surface area contributed by atoms with Crippen LogP contribution in [0.3, 0.4) is 0 Å². The van der Waals surface area contributed by atoms with Gasteiger partial charge in [-0.1, -0.05) is 24.3 Å². The van der Waals surface area contributed by atoms with Crippen LogP contribution < -0.4 is 5.32 Å². The third kappa shape index (κ3) is 2.74. The van der Waals surface area contributed by atoms with Gasteiger partial charge in [0.15, 0.2) is 5.69 Å². The molecule has 0 saturated carbocycles.